The van der Waals surface area contributed by atoms with Crippen molar-refractivity contribution in [3.05, 3.63) is 58.6 Å². The van der Waals surface area contributed by atoms with Gasteiger partial charge in [0.05, 0.1) is 10.7 Å². The van der Waals surface area contributed by atoms with E-state index in [-0.39, 0.29) is 5.91 Å². The normalized spacial score (nSPS) is 10.7. The number of furan rings is 1. The maximum atomic E-state index is 12.0. The molecule has 0 atom stereocenters. The third-order valence-electron chi connectivity index (χ3n) is 3.61. The molecule has 1 amide bonds. The quantitative estimate of drug-likeness (QED) is 0.665. The molecule has 3 heterocycles. The lowest BCUT2D eigenvalue weighted by Crippen LogP contribution is -2.24. The second kappa shape index (κ2) is 7.88. The van der Waals surface area contributed by atoms with Gasteiger partial charge in [-0.3, -0.25) is 9.78 Å². The highest BCUT2D eigenvalue weighted by Crippen LogP contribution is 2.21. The van der Waals surface area contributed by atoms with Gasteiger partial charge in [0, 0.05) is 42.7 Å². The van der Waals surface area contributed by atoms with Crippen LogP contribution in [0.2, 0.25) is 0 Å². The van der Waals surface area contributed by atoms with Crippen molar-refractivity contribution in [2.24, 2.45) is 0 Å². The number of amides is 1. The molecule has 0 aromatic carbocycles. The fourth-order valence-corrected chi connectivity index (χ4v) is 3.15. The van der Waals surface area contributed by atoms with E-state index in [2.05, 4.69) is 20.7 Å². The van der Waals surface area contributed by atoms with Crippen molar-refractivity contribution in [1.29, 1.82) is 0 Å². The Bertz CT molecular complexity index is 795. The molecule has 24 heavy (non-hydrogen) atoms. The van der Waals surface area contributed by atoms with Crippen molar-refractivity contribution in [2.45, 2.75) is 26.2 Å². The maximum Gasteiger partial charge on any atom is 0.286 e. The number of aryl methyl sites for hydroxylation is 2. The first kappa shape index (κ1) is 16.4. The van der Waals surface area contributed by atoms with Crippen LogP contribution in [0.1, 0.15) is 34.7 Å². The molecule has 0 unspecified atom stereocenters. The van der Waals surface area contributed by atoms with Crippen LogP contribution in [0.5, 0.6) is 0 Å². The van der Waals surface area contributed by atoms with E-state index in [1.807, 2.05) is 25.1 Å². The lowest BCUT2D eigenvalue weighted by atomic mass is 10.2. The fraction of sp³-hybridized carbons (Fsp3) is 0.278. The van der Waals surface area contributed by atoms with E-state index in [1.165, 1.54) is 0 Å². The predicted molar refractivity (Wildman–Crippen MR) is 94.1 cm³/mol. The van der Waals surface area contributed by atoms with Crippen LogP contribution in [0.3, 0.4) is 0 Å². The smallest absolute Gasteiger partial charge is 0.286 e. The van der Waals surface area contributed by atoms with Gasteiger partial charge in [-0.1, -0.05) is 6.92 Å². The highest BCUT2D eigenvalue weighted by atomic mass is 32.1. The number of aromatic nitrogens is 2. The topological polar surface area (TPSA) is 68.0 Å². The summed E-state index contributed by atoms with van der Waals surface area (Å²) in [6.07, 6.45) is 6.01. The van der Waals surface area contributed by atoms with E-state index in [0.29, 0.717) is 12.3 Å². The lowest BCUT2D eigenvalue weighted by Gasteiger charge is -2.02. The van der Waals surface area contributed by atoms with Crippen LogP contribution < -0.4 is 5.32 Å². The number of pyridine rings is 1. The number of carbonyl (C=O) groups is 1. The molecule has 0 spiro atoms. The van der Waals surface area contributed by atoms with Crippen LogP contribution in [0.15, 0.2) is 46.5 Å². The molecule has 0 radical (unpaired) electrons. The monoisotopic (exact) mass is 341 g/mol. The van der Waals surface area contributed by atoms with Crippen molar-refractivity contribution in [1.82, 2.24) is 15.3 Å². The van der Waals surface area contributed by atoms with Gasteiger partial charge in [0.15, 0.2) is 5.76 Å². The molecule has 3 aromatic rings. The maximum absolute atomic E-state index is 12.0. The number of carbonyl (C=O) groups excluding carboxylic acids is 1. The molecule has 0 bridgehead atoms. The van der Waals surface area contributed by atoms with Gasteiger partial charge in [-0.2, -0.15) is 0 Å². The third-order valence-corrected chi connectivity index (χ3v) is 4.52. The molecular formula is C18H19N3O2S. The van der Waals surface area contributed by atoms with Crippen LogP contribution in [0.25, 0.3) is 11.3 Å². The Morgan fingerprint density at radius 1 is 1.25 bits per heavy atom. The van der Waals surface area contributed by atoms with Gasteiger partial charge in [0.25, 0.3) is 5.91 Å². The van der Waals surface area contributed by atoms with E-state index >= 15 is 0 Å². The second-order valence-electron chi connectivity index (χ2n) is 5.34. The Hall–Kier alpha value is -2.47. The molecule has 0 aliphatic rings. The molecule has 0 saturated heterocycles. The first-order chi connectivity index (χ1) is 11.8. The van der Waals surface area contributed by atoms with Crippen LogP contribution in [-0.4, -0.2) is 22.4 Å². The van der Waals surface area contributed by atoms with Crippen LogP contribution in [0, 0.1) is 0 Å². The van der Waals surface area contributed by atoms with Gasteiger partial charge in [-0.25, -0.2) is 4.98 Å². The summed E-state index contributed by atoms with van der Waals surface area (Å²) in [6.45, 7) is 2.60. The van der Waals surface area contributed by atoms with Crippen LogP contribution in [0.4, 0.5) is 0 Å². The largest absolute Gasteiger partial charge is 0.456 e. The first-order valence-corrected chi connectivity index (χ1v) is 8.86. The number of nitrogens with one attached hydrogen (secondary N) is 1. The minimum atomic E-state index is -0.161. The van der Waals surface area contributed by atoms with Gasteiger partial charge in [-0.15, -0.1) is 11.3 Å². The molecule has 6 heteroatoms. The Kier molecular flexibility index (Phi) is 5.38. The van der Waals surface area contributed by atoms with Crippen molar-refractivity contribution in [2.75, 3.05) is 6.54 Å². The molecule has 3 aromatic heterocycles. The predicted octanol–water partition coefficient (Wildman–Crippen LogP) is 3.72. The zero-order valence-electron chi connectivity index (χ0n) is 13.5. The summed E-state index contributed by atoms with van der Waals surface area (Å²) in [5, 5.41) is 6.01. The van der Waals surface area contributed by atoms with Gasteiger partial charge in [0.2, 0.25) is 0 Å². The van der Waals surface area contributed by atoms with Crippen molar-refractivity contribution >= 4 is 17.2 Å². The van der Waals surface area contributed by atoms with Crippen molar-refractivity contribution in [3.63, 3.8) is 0 Å². The molecule has 0 fully saturated rings. The number of thiazole rings is 1. The van der Waals surface area contributed by atoms with Gasteiger partial charge in [-0.05, 0) is 30.7 Å². The standard InChI is InChI=1S/C18H19N3O2S/c1-2-14-5-6-16(23-14)18(22)20-9-3-4-17-21-15(12-24-17)13-7-10-19-11-8-13/h5-8,10-12H,2-4,9H2,1H3,(H,20,22). The molecule has 3 rings (SSSR count). The summed E-state index contributed by atoms with van der Waals surface area (Å²) in [6, 6.07) is 7.46. The SMILES string of the molecule is CCc1ccc(C(=O)NCCCc2nc(-c3ccncc3)cs2)o1. The average molecular weight is 341 g/mol. The van der Waals surface area contributed by atoms with Gasteiger partial charge in [0.1, 0.15) is 5.76 Å². The fourth-order valence-electron chi connectivity index (χ4n) is 2.30. The second-order valence-corrected chi connectivity index (χ2v) is 6.28. The van der Waals surface area contributed by atoms with Gasteiger partial charge >= 0.3 is 0 Å². The number of hydrogen-bond acceptors (Lipinski definition) is 5. The number of rotatable bonds is 7. The summed E-state index contributed by atoms with van der Waals surface area (Å²) in [5.41, 5.74) is 2.05. The molecule has 0 saturated carbocycles. The number of nitrogens with zero attached hydrogens (tertiary/aromatic N) is 2. The summed E-state index contributed by atoms with van der Waals surface area (Å²) >= 11 is 1.64. The molecule has 1 N–H and O–H groups in total. The summed E-state index contributed by atoms with van der Waals surface area (Å²) in [7, 11) is 0. The Morgan fingerprint density at radius 2 is 2.08 bits per heavy atom. The lowest BCUT2D eigenvalue weighted by molar-refractivity contribution is 0.0924. The minimum Gasteiger partial charge on any atom is -0.456 e. The Morgan fingerprint density at radius 3 is 2.83 bits per heavy atom. The highest BCUT2D eigenvalue weighted by molar-refractivity contribution is 7.09. The van der Waals surface area contributed by atoms with E-state index in [0.717, 1.165) is 41.3 Å². The summed E-state index contributed by atoms with van der Waals surface area (Å²) < 4.78 is 5.43. The van der Waals surface area contributed by atoms with Gasteiger partial charge < -0.3 is 9.73 Å². The highest BCUT2D eigenvalue weighted by Gasteiger charge is 2.10. The van der Waals surface area contributed by atoms with Crippen molar-refractivity contribution in [3.8, 4) is 11.3 Å². The third kappa shape index (κ3) is 4.08. The zero-order valence-corrected chi connectivity index (χ0v) is 14.3. The average Bonchev–Trinajstić information content (AvgIpc) is 3.28. The summed E-state index contributed by atoms with van der Waals surface area (Å²) in [5.74, 6) is 1.04. The summed E-state index contributed by atoms with van der Waals surface area (Å²) in [4.78, 5) is 20.6. The molecule has 0 aliphatic heterocycles. The van der Waals surface area contributed by atoms with E-state index in [1.54, 1.807) is 29.8 Å². The minimum absolute atomic E-state index is 0.161. The first-order valence-electron chi connectivity index (χ1n) is 7.98. The van der Waals surface area contributed by atoms with Crippen LogP contribution >= 0.6 is 11.3 Å². The van der Waals surface area contributed by atoms with Crippen molar-refractivity contribution < 1.29 is 9.21 Å². The molecular weight excluding hydrogens is 322 g/mol. The van der Waals surface area contributed by atoms with E-state index < -0.39 is 0 Å². The molecule has 124 valence electrons. The van der Waals surface area contributed by atoms with Crippen LogP contribution in [-0.2, 0) is 12.8 Å². The van der Waals surface area contributed by atoms with E-state index in [9.17, 15) is 4.79 Å². The van der Waals surface area contributed by atoms with E-state index in [4.69, 9.17) is 4.42 Å². The number of hydrogen-bond donors (Lipinski definition) is 1. The Labute approximate surface area is 144 Å². The molecule has 0 aliphatic carbocycles. The zero-order chi connectivity index (χ0) is 16.8. The Balaban J connectivity index is 1.45. The molecule has 5 nitrogen and oxygen atoms in total.